The minimum atomic E-state index is -0.00696. The number of fused-ring (bicyclic) bond motifs is 6. The summed E-state index contributed by atoms with van der Waals surface area (Å²) < 4.78 is 6.66. The Morgan fingerprint density at radius 2 is 1.07 bits per heavy atom. The summed E-state index contributed by atoms with van der Waals surface area (Å²) in [5.74, 6) is 2.60. The van der Waals surface area contributed by atoms with Gasteiger partial charge in [0.15, 0.2) is 23.3 Å². The van der Waals surface area contributed by atoms with Crippen LogP contribution >= 0.6 is 11.8 Å². The summed E-state index contributed by atoms with van der Waals surface area (Å²) in [5, 5.41) is 2.14. The second-order valence-corrected chi connectivity index (χ2v) is 15.1. The van der Waals surface area contributed by atoms with Crippen LogP contribution in [0.25, 0.3) is 67.2 Å². The van der Waals surface area contributed by atoms with Gasteiger partial charge < -0.3 is 4.42 Å². The molecule has 2 aromatic heterocycles. The summed E-state index contributed by atoms with van der Waals surface area (Å²) in [6.07, 6.45) is 0. The van der Waals surface area contributed by atoms with Crippen LogP contribution in [0.4, 0.5) is 0 Å². The lowest BCUT2D eigenvalue weighted by molar-refractivity contribution is 0.670. The van der Waals surface area contributed by atoms with Crippen molar-refractivity contribution in [1.82, 2.24) is 15.0 Å². The van der Waals surface area contributed by atoms with Gasteiger partial charge in [-0.1, -0.05) is 146 Å². The normalized spacial score (nSPS) is 16.0. The number of benzene rings is 7. The van der Waals surface area contributed by atoms with Crippen LogP contribution in [0.3, 0.4) is 0 Å². The van der Waals surface area contributed by atoms with Gasteiger partial charge in [-0.3, -0.25) is 4.99 Å². The molecular weight excluding hydrogens is 707 g/mol. The first kappa shape index (κ1) is 32.5. The van der Waals surface area contributed by atoms with Gasteiger partial charge in [0.2, 0.25) is 0 Å². The number of hydrogen-bond acceptors (Lipinski definition) is 7. The summed E-state index contributed by atoms with van der Waals surface area (Å²) in [6.45, 7) is 0. The molecule has 7 aromatic carbocycles. The highest BCUT2D eigenvalue weighted by atomic mass is 32.2. The van der Waals surface area contributed by atoms with Crippen LogP contribution in [0.5, 0.6) is 0 Å². The van der Waals surface area contributed by atoms with Crippen molar-refractivity contribution >= 4 is 45.2 Å². The quantitative estimate of drug-likeness (QED) is 0.170. The molecule has 0 saturated carbocycles. The summed E-state index contributed by atoms with van der Waals surface area (Å²) in [6, 6.07) is 60.2. The van der Waals surface area contributed by atoms with Gasteiger partial charge in [-0.25, -0.2) is 19.9 Å². The molecule has 0 fully saturated rings. The maximum atomic E-state index is 6.66. The van der Waals surface area contributed by atoms with Gasteiger partial charge in [0.1, 0.15) is 11.2 Å². The van der Waals surface area contributed by atoms with Crippen molar-refractivity contribution in [3.8, 4) is 45.3 Å². The maximum absolute atomic E-state index is 6.66. The molecule has 0 bridgehead atoms. The second kappa shape index (κ2) is 13.4. The Bertz CT molecular complexity index is 2960. The van der Waals surface area contributed by atoms with E-state index in [4.69, 9.17) is 29.4 Å². The van der Waals surface area contributed by atoms with Crippen molar-refractivity contribution in [2.24, 2.45) is 9.98 Å². The van der Waals surface area contributed by atoms with E-state index < -0.39 is 0 Å². The minimum Gasteiger partial charge on any atom is -0.455 e. The number of aliphatic imine (C=N–C) groups is 2. The summed E-state index contributed by atoms with van der Waals surface area (Å²) >= 11 is 1.86. The van der Waals surface area contributed by atoms with Crippen LogP contribution in [0.15, 0.2) is 195 Å². The number of rotatable bonds is 6. The second-order valence-electron chi connectivity index (χ2n) is 14.0. The van der Waals surface area contributed by atoms with E-state index in [0.29, 0.717) is 17.5 Å². The maximum Gasteiger partial charge on any atom is 0.164 e. The van der Waals surface area contributed by atoms with Crippen LogP contribution < -0.4 is 0 Å². The summed E-state index contributed by atoms with van der Waals surface area (Å²) in [4.78, 5) is 26.7. The number of hydrogen-bond donors (Lipinski definition) is 0. The number of furan rings is 1. The minimum absolute atomic E-state index is 0.00696. The summed E-state index contributed by atoms with van der Waals surface area (Å²) in [7, 11) is 0. The predicted octanol–water partition coefficient (Wildman–Crippen LogP) is 11.9. The lowest BCUT2D eigenvalue weighted by Gasteiger charge is -2.24. The molecule has 0 amide bonds. The Balaban J connectivity index is 1.00. The van der Waals surface area contributed by atoms with Gasteiger partial charge in [0.05, 0.1) is 17.0 Å². The fraction of sp³-hybridized carbons (Fsp3) is 0.0408. The third-order valence-corrected chi connectivity index (χ3v) is 11.9. The average molecular weight is 738 g/mol. The van der Waals surface area contributed by atoms with E-state index in [1.165, 1.54) is 10.5 Å². The van der Waals surface area contributed by atoms with Gasteiger partial charge in [0, 0.05) is 43.5 Å². The monoisotopic (exact) mass is 737 g/mol. The number of amidine groups is 1. The van der Waals surface area contributed by atoms with E-state index in [1.54, 1.807) is 0 Å². The highest BCUT2D eigenvalue weighted by molar-refractivity contribution is 8.01. The predicted molar refractivity (Wildman–Crippen MR) is 227 cm³/mol. The molecule has 9 aromatic rings. The first-order valence-electron chi connectivity index (χ1n) is 18.6. The molecule has 0 N–H and O–H groups in total. The van der Waals surface area contributed by atoms with Gasteiger partial charge in [-0.05, 0) is 47.0 Å². The van der Waals surface area contributed by atoms with Crippen molar-refractivity contribution in [2.45, 2.75) is 16.2 Å². The molecule has 6 nitrogen and oxygen atoms in total. The van der Waals surface area contributed by atoms with E-state index in [2.05, 4.69) is 103 Å². The van der Waals surface area contributed by atoms with Gasteiger partial charge in [-0.2, -0.15) is 0 Å². The lowest BCUT2D eigenvalue weighted by atomic mass is 9.95. The molecule has 0 aliphatic carbocycles. The number of para-hydroxylation sites is 1. The molecule has 4 heterocycles. The molecular formula is C49H31N5OS. The van der Waals surface area contributed by atoms with E-state index >= 15 is 0 Å². The Hall–Kier alpha value is -6.96. The first-order valence-corrected chi connectivity index (χ1v) is 19.5. The van der Waals surface area contributed by atoms with E-state index in [-0.39, 0.29) is 11.3 Å². The smallest absolute Gasteiger partial charge is 0.164 e. The average Bonchev–Trinajstić information content (AvgIpc) is 3.85. The SMILES string of the molecule is c1ccc(C2=NC(c3cccc(-c4cccc5c4oc4ccc(-c6nc(-c7ccccc7)nc(-c7ccccc7)n6)cc45)c3)=NC3c4ccccc4SC23)cc1. The van der Waals surface area contributed by atoms with E-state index in [1.807, 2.05) is 84.6 Å². The summed E-state index contributed by atoms with van der Waals surface area (Å²) in [5.41, 5.74) is 10.8. The molecule has 0 radical (unpaired) electrons. The Labute approximate surface area is 327 Å². The van der Waals surface area contributed by atoms with Crippen molar-refractivity contribution in [2.75, 3.05) is 0 Å². The molecule has 0 spiro atoms. The highest BCUT2D eigenvalue weighted by Crippen LogP contribution is 2.49. The highest BCUT2D eigenvalue weighted by Gasteiger charge is 2.40. The third-order valence-electron chi connectivity index (χ3n) is 10.5. The van der Waals surface area contributed by atoms with Crippen LogP contribution in [0.1, 0.15) is 22.7 Å². The molecule has 11 rings (SSSR count). The molecule has 264 valence electrons. The van der Waals surface area contributed by atoms with Gasteiger partial charge in [-0.15, -0.1) is 11.8 Å². The van der Waals surface area contributed by atoms with Gasteiger partial charge >= 0.3 is 0 Å². The van der Waals surface area contributed by atoms with Crippen molar-refractivity contribution in [3.63, 3.8) is 0 Å². The van der Waals surface area contributed by atoms with Crippen molar-refractivity contribution < 1.29 is 4.42 Å². The number of thioether (sulfide) groups is 1. The largest absolute Gasteiger partial charge is 0.455 e. The topological polar surface area (TPSA) is 76.5 Å². The van der Waals surface area contributed by atoms with Crippen LogP contribution in [-0.4, -0.2) is 31.7 Å². The lowest BCUT2D eigenvalue weighted by Crippen LogP contribution is -2.28. The standard InChI is InChI=1S/C49H31N5OS/c1-4-14-30(15-5-1)42-45-43(38-22-10-11-25-41(38)56-45)51-48(50-42)34-21-12-20-33(28-34)36-23-13-24-37-39-29-35(26-27-40(39)55-44(36)37)49-53-46(31-16-6-2-7-17-31)52-47(54-49)32-18-8-3-9-19-32/h1-29,43,45H. The molecule has 7 heteroatoms. The Morgan fingerprint density at radius 3 is 1.80 bits per heavy atom. The zero-order valence-electron chi connectivity index (χ0n) is 30.0. The first-order chi connectivity index (χ1) is 27.7. The molecule has 2 aliphatic heterocycles. The third kappa shape index (κ3) is 5.63. The van der Waals surface area contributed by atoms with E-state index in [0.717, 1.165) is 72.4 Å². The fourth-order valence-corrected chi connectivity index (χ4v) is 9.18. The number of aromatic nitrogens is 3. The van der Waals surface area contributed by atoms with Crippen LogP contribution in [0, 0.1) is 0 Å². The van der Waals surface area contributed by atoms with Crippen LogP contribution in [0.2, 0.25) is 0 Å². The van der Waals surface area contributed by atoms with Crippen molar-refractivity contribution in [1.29, 1.82) is 0 Å². The molecule has 56 heavy (non-hydrogen) atoms. The Kier molecular flexibility index (Phi) is 7.77. The van der Waals surface area contributed by atoms with Crippen molar-refractivity contribution in [3.05, 3.63) is 193 Å². The van der Waals surface area contributed by atoms with Crippen LogP contribution in [-0.2, 0) is 0 Å². The molecule has 0 saturated heterocycles. The molecule has 2 aliphatic rings. The number of nitrogens with zero attached hydrogens (tertiary/aromatic N) is 5. The molecule has 2 unspecified atom stereocenters. The van der Waals surface area contributed by atoms with Gasteiger partial charge in [0.25, 0.3) is 0 Å². The Morgan fingerprint density at radius 1 is 0.464 bits per heavy atom. The zero-order chi connectivity index (χ0) is 37.0. The zero-order valence-corrected chi connectivity index (χ0v) is 30.8. The fourth-order valence-electron chi connectivity index (χ4n) is 7.78. The van der Waals surface area contributed by atoms with E-state index in [9.17, 15) is 0 Å². The molecule has 2 atom stereocenters.